The van der Waals surface area contributed by atoms with Gasteiger partial charge in [-0.1, -0.05) is 13.0 Å². The predicted molar refractivity (Wildman–Crippen MR) is 78.8 cm³/mol. The van der Waals surface area contributed by atoms with Gasteiger partial charge in [-0.3, -0.25) is 0 Å². The van der Waals surface area contributed by atoms with Gasteiger partial charge in [0.2, 0.25) is 0 Å². The minimum absolute atomic E-state index is 0.106. The number of halogens is 1. The third-order valence-corrected chi connectivity index (χ3v) is 4.41. The predicted octanol–water partition coefficient (Wildman–Crippen LogP) is 3.94. The first kappa shape index (κ1) is 14.0. The smallest absolute Gasteiger partial charge is 0.161 e. The van der Waals surface area contributed by atoms with Crippen LogP contribution < -0.4 is 9.47 Å². The number of fused-ring (bicyclic) bond motifs is 1. The topological polar surface area (TPSA) is 27.7 Å². The van der Waals surface area contributed by atoms with E-state index in [4.69, 9.17) is 25.8 Å². The summed E-state index contributed by atoms with van der Waals surface area (Å²) in [6.07, 6.45) is 3.46. The van der Waals surface area contributed by atoms with Crippen LogP contribution in [0, 0.1) is 5.92 Å². The van der Waals surface area contributed by atoms with Crippen molar-refractivity contribution in [1.29, 1.82) is 0 Å². The number of hydrogen-bond acceptors (Lipinski definition) is 3. The van der Waals surface area contributed by atoms with E-state index >= 15 is 0 Å². The van der Waals surface area contributed by atoms with E-state index in [1.165, 1.54) is 6.42 Å². The second-order valence-electron chi connectivity index (χ2n) is 5.74. The molecule has 3 atom stereocenters. The van der Waals surface area contributed by atoms with Crippen molar-refractivity contribution in [2.45, 2.75) is 37.7 Å². The molecule has 1 saturated heterocycles. The van der Waals surface area contributed by atoms with Gasteiger partial charge < -0.3 is 14.2 Å². The summed E-state index contributed by atoms with van der Waals surface area (Å²) in [5.74, 6) is 2.01. The summed E-state index contributed by atoms with van der Waals surface area (Å²) >= 11 is 6.58. The van der Waals surface area contributed by atoms with Gasteiger partial charge in [0, 0.05) is 12.5 Å². The van der Waals surface area contributed by atoms with Crippen molar-refractivity contribution in [1.82, 2.24) is 0 Å². The molecule has 1 fully saturated rings. The number of ether oxygens (including phenoxy) is 3. The van der Waals surface area contributed by atoms with Gasteiger partial charge in [0.25, 0.3) is 0 Å². The summed E-state index contributed by atoms with van der Waals surface area (Å²) in [5, 5.41) is -0.120. The van der Waals surface area contributed by atoms with Gasteiger partial charge in [0.05, 0.1) is 24.7 Å². The Balaban J connectivity index is 1.77. The fraction of sp³-hybridized carbons (Fsp3) is 0.625. The molecule has 2 heterocycles. The maximum atomic E-state index is 6.58. The molecule has 0 aromatic heterocycles. The molecule has 0 aliphatic carbocycles. The molecule has 2 aliphatic heterocycles. The monoisotopic (exact) mass is 296 g/mol. The molecule has 0 bridgehead atoms. The molecule has 20 heavy (non-hydrogen) atoms. The Bertz CT molecular complexity index is 457. The van der Waals surface area contributed by atoms with Crippen molar-refractivity contribution in [2.75, 3.05) is 19.8 Å². The van der Waals surface area contributed by atoms with E-state index in [2.05, 4.69) is 6.92 Å². The summed E-state index contributed by atoms with van der Waals surface area (Å²) in [6, 6.07) is 5.98. The van der Waals surface area contributed by atoms with E-state index < -0.39 is 0 Å². The lowest BCUT2D eigenvalue weighted by Crippen LogP contribution is -2.23. The molecule has 3 rings (SSSR count). The first-order valence-corrected chi connectivity index (χ1v) is 7.83. The lowest BCUT2D eigenvalue weighted by molar-refractivity contribution is 0.0135. The molecule has 3 nitrogen and oxygen atoms in total. The van der Waals surface area contributed by atoms with Crippen molar-refractivity contribution in [3.8, 4) is 11.5 Å². The Kier molecular flexibility index (Phi) is 4.37. The molecule has 0 N–H and O–H groups in total. The van der Waals surface area contributed by atoms with E-state index in [1.807, 2.05) is 18.2 Å². The zero-order chi connectivity index (χ0) is 13.9. The Morgan fingerprint density at radius 1 is 1.15 bits per heavy atom. The summed E-state index contributed by atoms with van der Waals surface area (Å²) in [7, 11) is 0. The van der Waals surface area contributed by atoms with Crippen LogP contribution in [0.5, 0.6) is 11.5 Å². The Morgan fingerprint density at radius 3 is 2.70 bits per heavy atom. The highest BCUT2D eigenvalue weighted by atomic mass is 35.5. The molecule has 2 aliphatic rings. The maximum absolute atomic E-state index is 6.58. The van der Waals surface area contributed by atoms with Crippen molar-refractivity contribution in [3.63, 3.8) is 0 Å². The van der Waals surface area contributed by atoms with Crippen LogP contribution in [0.2, 0.25) is 0 Å². The van der Waals surface area contributed by atoms with Crippen molar-refractivity contribution < 1.29 is 14.2 Å². The van der Waals surface area contributed by atoms with Crippen LogP contribution >= 0.6 is 11.6 Å². The highest BCUT2D eigenvalue weighted by Crippen LogP contribution is 2.37. The second-order valence-corrected chi connectivity index (χ2v) is 6.21. The van der Waals surface area contributed by atoms with Gasteiger partial charge in [-0.15, -0.1) is 11.6 Å². The van der Waals surface area contributed by atoms with Gasteiger partial charge >= 0.3 is 0 Å². The molecular weight excluding hydrogens is 276 g/mol. The lowest BCUT2D eigenvalue weighted by Gasteiger charge is -2.27. The van der Waals surface area contributed by atoms with Gasteiger partial charge in [-0.25, -0.2) is 0 Å². The third-order valence-electron chi connectivity index (χ3n) is 3.87. The molecule has 0 spiro atoms. The summed E-state index contributed by atoms with van der Waals surface area (Å²) in [6.45, 7) is 4.31. The standard InChI is InChI=1S/C16H21ClO3/c1-11-9-19-13-6-5-12(8-15(13)20-10-11)16(17)14-4-2-3-7-18-14/h5-6,8,11,14,16H,2-4,7,9-10H2,1H3. The Hall–Kier alpha value is -0.930. The summed E-state index contributed by atoms with van der Waals surface area (Å²) in [4.78, 5) is 0. The van der Waals surface area contributed by atoms with E-state index in [0.717, 1.165) is 36.5 Å². The fourth-order valence-electron chi connectivity index (χ4n) is 2.65. The van der Waals surface area contributed by atoms with Gasteiger partial charge in [-0.2, -0.15) is 0 Å². The van der Waals surface area contributed by atoms with Crippen LogP contribution in [0.1, 0.15) is 37.1 Å². The third kappa shape index (κ3) is 3.04. The number of hydrogen-bond donors (Lipinski definition) is 0. The molecule has 0 radical (unpaired) electrons. The van der Waals surface area contributed by atoms with Crippen LogP contribution in [0.4, 0.5) is 0 Å². The summed E-state index contributed by atoms with van der Waals surface area (Å²) in [5.41, 5.74) is 1.05. The van der Waals surface area contributed by atoms with Crippen molar-refractivity contribution in [3.05, 3.63) is 23.8 Å². The van der Waals surface area contributed by atoms with Gasteiger partial charge in [0.15, 0.2) is 11.5 Å². The Morgan fingerprint density at radius 2 is 1.95 bits per heavy atom. The first-order chi connectivity index (χ1) is 9.74. The van der Waals surface area contributed by atoms with Crippen molar-refractivity contribution >= 4 is 11.6 Å². The summed E-state index contributed by atoms with van der Waals surface area (Å²) < 4.78 is 17.3. The van der Waals surface area contributed by atoms with E-state index in [9.17, 15) is 0 Å². The van der Waals surface area contributed by atoms with Crippen LogP contribution in [0.15, 0.2) is 18.2 Å². The molecule has 0 saturated carbocycles. The average molecular weight is 297 g/mol. The zero-order valence-corrected chi connectivity index (χ0v) is 12.6. The molecule has 110 valence electrons. The Labute approximate surface area is 125 Å². The van der Waals surface area contributed by atoms with Crippen LogP contribution in [-0.2, 0) is 4.74 Å². The minimum Gasteiger partial charge on any atom is -0.489 e. The molecule has 1 aromatic carbocycles. The number of alkyl halides is 1. The SMILES string of the molecule is CC1COc2ccc(C(Cl)C3CCCCO3)cc2OC1. The van der Waals surface area contributed by atoms with Crippen LogP contribution in [-0.4, -0.2) is 25.9 Å². The molecule has 1 aromatic rings. The normalized spacial score (nSPS) is 27.7. The van der Waals surface area contributed by atoms with Crippen LogP contribution in [0.25, 0.3) is 0 Å². The number of rotatable bonds is 2. The average Bonchev–Trinajstić information content (AvgIpc) is 2.69. The largest absolute Gasteiger partial charge is 0.489 e. The first-order valence-electron chi connectivity index (χ1n) is 7.39. The molecule has 0 amide bonds. The van der Waals surface area contributed by atoms with E-state index in [0.29, 0.717) is 19.1 Å². The highest BCUT2D eigenvalue weighted by Gasteiger charge is 2.25. The quantitative estimate of drug-likeness (QED) is 0.774. The zero-order valence-electron chi connectivity index (χ0n) is 11.8. The van der Waals surface area contributed by atoms with E-state index in [1.54, 1.807) is 0 Å². The highest BCUT2D eigenvalue weighted by molar-refractivity contribution is 6.21. The fourth-order valence-corrected chi connectivity index (χ4v) is 2.99. The second kappa shape index (κ2) is 6.23. The van der Waals surface area contributed by atoms with Gasteiger partial charge in [0.1, 0.15) is 0 Å². The molecule has 3 unspecified atom stereocenters. The van der Waals surface area contributed by atoms with Crippen molar-refractivity contribution in [2.24, 2.45) is 5.92 Å². The molecular formula is C16H21ClO3. The molecule has 4 heteroatoms. The van der Waals surface area contributed by atoms with Gasteiger partial charge in [-0.05, 0) is 37.0 Å². The van der Waals surface area contributed by atoms with E-state index in [-0.39, 0.29) is 11.5 Å². The minimum atomic E-state index is -0.120. The van der Waals surface area contributed by atoms with Crippen LogP contribution in [0.3, 0.4) is 0 Å². The number of benzene rings is 1. The lowest BCUT2D eigenvalue weighted by atomic mass is 10.0. The maximum Gasteiger partial charge on any atom is 0.161 e.